The normalized spacial score (nSPS) is 10.3. The van der Waals surface area contributed by atoms with Crippen molar-refractivity contribution in [3.63, 3.8) is 0 Å². The van der Waals surface area contributed by atoms with Gasteiger partial charge in [-0.1, -0.05) is 23.7 Å². The molecule has 0 amide bonds. The number of nitrogen functional groups attached to an aromatic ring is 1. The molecule has 0 aliphatic rings. The second-order valence-corrected chi connectivity index (χ2v) is 5.72. The summed E-state index contributed by atoms with van der Waals surface area (Å²) >= 11 is 6.07. The minimum atomic E-state index is 0.348. The molecule has 0 aliphatic carbocycles. The summed E-state index contributed by atoms with van der Waals surface area (Å²) in [4.78, 5) is 8.42. The first-order valence-electron chi connectivity index (χ1n) is 7.73. The molecule has 8 heteroatoms. The standard InChI is InChI=1S/C18H18ClN5O2/c1-25-14-6-4-3-5-12(14)23-17-16(20)18(22-10-21-17)24-13-9-11(19)7-8-15(13)26-2/h3-10H,20H2,1-2H3,(H2,21,22,23,24). The molecule has 0 spiro atoms. The second kappa shape index (κ2) is 7.79. The zero-order chi connectivity index (χ0) is 18.5. The maximum atomic E-state index is 6.24. The highest BCUT2D eigenvalue weighted by molar-refractivity contribution is 6.31. The van der Waals surface area contributed by atoms with Crippen molar-refractivity contribution in [2.45, 2.75) is 0 Å². The lowest BCUT2D eigenvalue weighted by Crippen LogP contribution is -2.06. The maximum Gasteiger partial charge on any atom is 0.159 e. The first-order valence-corrected chi connectivity index (χ1v) is 8.11. The van der Waals surface area contributed by atoms with E-state index >= 15 is 0 Å². The van der Waals surface area contributed by atoms with Gasteiger partial charge >= 0.3 is 0 Å². The number of benzene rings is 2. The summed E-state index contributed by atoms with van der Waals surface area (Å²) in [7, 11) is 3.18. The fraction of sp³-hybridized carbons (Fsp3) is 0.111. The molecule has 1 aromatic heterocycles. The molecule has 0 atom stereocenters. The molecular weight excluding hydrogens is 354 g/mol. The van der Waals surface area contributed by atoms with Gasteiger partial charge in [-0.2, -0.15) is 0 Å². The molecule has 3 rings (SSSR count). The van der Waals surface area contributed by atoms with Crippen molar-refractivity contribution < 1.29 is 9.47 Å². The summed E-state index contributed by atoms with van der Waals surface area (Å²) in [5.41, 5.74) is 7.97. The van der Waals surface area contributed by atoms with Crippen molar-refractivity contribution in [2.24, 2.45) is 0 Å². The quantitative estimate of drug-likeness (QED) is 0.597. The summed E-state index contributed by atoms with van der Waals surface area (Å²) in [5.74, 6) is 2.18. The third-order valence-corrected chi connectivity index (χ3v) is 3.89. The molecule has 0 unspecified atom stereocenters. The number of methoxy groups -OCH3 is 2. The zero-order valence-electron chi connectivity index (χ0n) is 14.3. The van der Waals surface area contributed by atoms with Gasteiger partial charge in [-0.05, 0) is 30.3 Å². The van der Waals surface area contributed by atoms with Gasteiger partial charge in [-0.3, -0.25) is 0 Å². The smallest absolute Gasteiger partial charge is 0.159 e. The van der Waals surface area contributed by atoms with Crippen molar-refractivity contribution in [3.8, 4) is 11.5 Å². The summed E-state index contributed by atoms with van der Waals surface area (Å²) in [6.45, 7) is 0. The van der Waals surface area contributed by atoms with E-state index in [1.54, 1.807) is 32.4 Å². The Hall–Kier alpha value is -3.19. The van der Waals surface area contributed by atoms with Gasteiger partial charge in [0.15, 0.2) is 11.6 Å². The highest BCUT2D eigenvalue weighted by Crippen LogP contribution is 2.35. The van der Waals surface area contributed by atoms with Crippen molar-refractivity contribution in [2.75, 3.05) is 30.6 Å². The number of nitrogens with one attached hydrogen (secondary N) is 2. The number of halogens is 1. The average Bonchev–Trinajstić information content (AvgIpc) is 2.65. The monoisotopic (exact) mass is 371 g/mol. The highest BCUT2D eigenvalue weighted by Gasteiger charge is 2.13. The van der Waals surface area contributed by atoms with E-state index < -0.39 is 0 Å². The van der Waals surface area contributed by atoms with E-state index in [-0.39, 0.29) is 0 Å². The summed E-state index contributed by atoms with van der Waals surface area (Å²) in [5, 5.41) is 6.85. The zero-order valence-corrected chi connectivity index (χ0v) is 15.0. The lowest BCUT2D eigenvalue weighted by molar-refractivity contribution is 0.417. The third kappa shape index (κ3) is 3.73. The van der Waals surface area contributed by atoms with Crippen LogP contribution in [0.1, 0.15) is 0 Å². The number of ether oxygens (including phenoxy) is 2. The van der Waals surface area contributed by atoms with Crippen molar-refractivity contribution in [3.05, 3.63) is 53.8 Å². The molecule has 0 fully saturated rings. The second-order valence-electron chi connectivity index (χ2n) is 5.28. The molecule has 0 radical (unpaired) electrons. The molecular formula is C18H18ClN5O2. The molecule has 4 N–H and O–H groups in total. The average molecular weight is 372 g/mol. The van der Waals surface area contributed by atoms with Crippen molar-refractivity contribution >= 4 is 40.3 Å². The third-order valence-electron chi connectivity index (χ3n) is 3.66. The topological polar surface area (TPSA) is 94.3 Å². The Balaban J connectivity index is 1.92. The first kappa shape index (κ1) is 17.6. The maximum absolute atomic E-state index is 6.24. The Morgan fingerprint density at radius 2 is 1.50 bits per heavy atom. The molecule has 134 valence electrons. The largest absolute Gasteiger partial charge is 0.495 e. The van der Waals surface area contributed by atoms with Gasteiger partial charge in [0.2, 0.25) is 0 Å². The highest BCUT2D eigenvalue weighted by atomic mass is 35.5. The number of para-hydroxylation sites is 2. The molecule has 0 aliphatic heterocycles. The Bertz CT molecular complexity index is 920. The Kier molecular flexibility index (Phi) is 5.28. The van der Waals surface area contributed by atoms with Crippen LogP contribution >= 0.6 is 11.6 Å². The number of anilines is 5. The van der Waals surface area contributed by atoms with Crippen LogP contribution in [0, 0.1) is 0 Å². The van der Waals surface area contributed by atoms with Gasteiger partial charge in [0.05, 0.1) is 25.6 Å². The number of aromatic nitrogens is 2. The van der Waals surface area contributed by atoms with Gasteiger partial charge in [0, 0.05) is 5.02 Å². The summed E-state index contributed by atoms with van der Waals surface area (Å²) in [6, 6.07) is 12.7. The van der Waals surface area contributed by atoms with Crippen LogP contribution in [0.2, 0.25) is 5.02 Å². The van der Waals surface area contributed by atoms with Gasteiger partial charge in [0.25, 0.3) is 0 Å². The summed E-state index contributed by atoms with van der Waals surface area (Å²) in [6.07, 6.45) is 1.41. The lowest BCUT2D eigenvalue weighted by atomic mass is 10.2. The number of rotatable bonds is 6. The Morgan fingerprint density at radius 3 is 2.19 bits per heavy atom. The number of hydrogen-bond donors (Lipinski definition) is 3. The van der Waals surface area contributed by atoms with Crippen LogP contribution in [0.25, 0.3) is 0 Å². The van der Waals surface area contributed by atoms with Crippen LogP contribution in [-0.4, -0.2) is 24.2 Å². The van der Waals surface area contributed by atoms with Crippen LogP contribution in [-0.2, 0) is 0 Å². The molecule has 7 nitrogen and oxygen atoms in total. The van der Waals surface area contributed by atoms with Crippen LogP contribution in [0.15, 0.2) is 48.8 Å². The van der Waals surface area contributed by atoms with Crippen LogP contribution < -0.4 is 25.8 Å². The molecule has 0 bridgehead atoms. The fourth-order valence-corrected chi connectivity index (χ4v) is 2.55. The van der Waals surface area contributed by atoms with E-state index in [0.29, 0.717) is 39.5 Å². The molecule has 3 aromatic rings. The minimum Gasteiger partial charge on any atom is -0.495 e. The predicted octanol–water partition coefficient (Wildman–Crippen LogP) is 4.22. The van der Waals surface area contributed by atoms with E-state index in [1.165, 1.54) is 6.33 Å². The fourth-order valence-electron chi connectivity index (χ4n) is 2.38. The van der Waals surface area contributed by atoms with Crippen molar-refractivity contribution in [1.29, 1.82) is 0 Å². The van der Waals surface area contributed by atoms with Crippen LogP contribution in [0.5, 0.6) is 11.5 Å². The van der Waals surface area contributed by atoms with Crippen molar-refractivity contribution in [1.82, 2.24) is 9.97 Å². The van der Waals surface area contributed by atoms with Crippen LogP contribution in [0.4, 0.5) is 28.7 Å². The minimum absolute atomic E-state index is 0.348. The van der Waals surface area contributed by atoms with E-state index in [2.05, 4.69) is 20.6 Å². The molecule has 0 saturated carbocycles. The van der Waals surface area contributed by atoms with Gasteiger partial charge in [0.1, 0.15) is 23.5 Å². The Morgan fingerprint density at radius 1 is 0.885 bits per heavy atom. The van der Waals surface area contributed by atoms with Gasteiger partial charge in [-0.25, -0.2) is 9.97 Å². The molecule has 26 heavy (non-hydrogen) atoms. The first-order chi connectivity index (χ1) is 12.6. The van der Waals surface area contributed by atoms with E-state index in [4.69, 9.17) is 26.8 Å². The van der Waals surface area contributed by atoms with E-state index in [1.807, 2.05) is 24.3 Å². The van der Waals surface area contributed by atoms with Gasteiger partial charge < -0.3 is 25.8 Å². The number of nitrogens with two attached hydrogens (primary N) is 1. The number of hydrogen-bond acceptors (Lipinski definition) is 7. The van der Waals surface area contributed by atoms with E-state index in [9.17, 15) is 0 Å². The molecule has 2 aromatic carbocycles. The molecule has 1 heterocycles. The van der Waals surface area contributed by atoms with E-state index in [0.717, 1.165) is 5.69 Å². The van der Waals surface area contributed by atoms with Gasteiger partial charge in [-0.15, -0.1) is 0 Å². The lowest BCUT2D eigenvalue weighted by Gasteiger charge is -2.15. The predicted molar refractivity (Wildman–Crippen MR) is 104 cm³/mol. The SMILES string of the molecule is COc1ccccc1Nc1ncnc(Nc2cc(Cl)ccc2OC)c1N. The van der Waals surface area contributed by atoms with Crippen LogP contribution in [0.3, 0.4) is 0 Å². The number of nitrogens with zero attached hydrogens (tertiary/aromatic N) is 2. The Labute approximate surface area is 156 Å². The summed E-state index contributed by atoms with van der Waals surface area (Å²) < 4.78 is 10.7. The molecule has 0 saturated heterocycles.